The lowest BCUT2D eigenvalue weighted by Gasteiger charge is -2.33. The molecule has 1 unspecified atom stereocenters. The molecular formula is C24H27N3OS. The van der Waals surface area contributed by atoms with Gasteiger partial charge in [-0.15, -0.1) is 11.3 Å². The molecule has 0 spiro atoms. The zero-order valence-corrected chi connectivity index (χ0v) is 17.7. The van der Waals surface area contributed by atoms with E-state index in [4.69, 9.17) is 0 Å². The highest BCUT2D eigenvalue weighted by Gasteiger charge is 2.30. The van der Waals surface area contributed by atoms with Gasteiger partial charge in [-0.2, -0.15) is 5.10 Å². The SMILES string of the molecule is Cc1ccccc1-c1cn[nH]c1C1CCCN(C(=O)c2scc3c2CCCC3)C1. The van der Waals surface area contributed by atoms with Crippen molar-refractivity contribution < 1.29 is 4.79 Å². The van der Waals surface area contributed by atoms with Gasteiger partial charge in [0, 0.05) is 30.3 Å². The third-order valence-electron chi connectivity index (χ3n) is 6.52. The lowest BCUT2D eigenvalue weighted by molar-refractivity contribution is 0.0709. The van der Waals surface area contributed by atoms with Crippen LogP contribution in [0.3, 0.4) is 0 Å². The molecule has 1 aromatic carbocycles. The number of fused-ring (bicyclic) bond motifs is 1. The second-order valence-corrected chi connectivity index (χ2v) is 9.26. The smallest absolute Gasteiger partial charge is 0.264 e. The average molecular weight is 406 g/mol. The summed E-state index contributed by atoms with van der Waals surface area (Å²) in [5.74, 6) is 0.542. The molecule has 1 aliphatic heterocycles. The summed E-state index contributed by atoms with van der Waals surface area (Å²) >= 11 is 1.66. The topological polar surface area (TPSA) is 49.0 Å². The number of nitrogens with zero attached hydrogens (tertiary/aromatic N) is 2. The molecule has 0 radical (unpaired) electrons. The zero-order valence-electron chi connectivity index (χ0n) is 16.9. The number of amides is 1. The molecule has 150 valence electrons. The number of nitrogens with one attached hydrogen (secondary N) is 1. The van der Waals surface area contributed by atoms with Gasteiger partial charge in [0.15, 0.2) is 0 Å². The van der Waals surface area contributed by atoms with E-state index in [0.29, 0.717) is 5.92 Å². The Labute approximate surface area is 176 Å². The molecule has 1 atom stereocenters. The summed E-state index contributed by atoms with van der Waals surface area (Å²) in [6.07, 6.45) is 8.73. The van der Waals surface area contributed by atoms with E-state index in [0.717, 1.165) is 43.6 Å². The van der Waals surface area contributed by atoms with Crippen LogP contribution in [0.1, 0.15) is 63.7 Å². The molecule has 0 bridgehead atoms. The number of aryl methyl sites for hydroxylation is 2. The van der Waals surface area contributed by atoms with Gasteiger partial charge >= 0.3 is 0 Å². The van der Waals surface area contributed by atoms with Gasteiger partial charge < -0.3 is 4.90 Å². The number of H-pyrrole nitrogens is 1. The first-order valence-corrected chi connectivity index (χ1v) is 11.6. The van der Waals surface area contributed by atoms with Crippen LogP contribution in [-0.4, -0.2) is 34.1 Å². The lowest BCUT2D eigenvalue weighted by atomic mass is 9.89. The number of piperidine rings is 1. The fourth-order valence-corrected chi connectivity index (χ4v) is 6.06. The van der Waals surface area contributed by atoms with Gasteiger partial charge in [-0.25, -0.2) is 0 Å². The average Bonchev–Trinajstić information content (AvgIpc) is 3.41. The van der Waals surface area contributed by atoms with E-state index in [1.54, 1.807) is 11.3 Å². The summed E-state index contributed by atoms with van der Waals surface area (Å²) in [6.45, 7) is 3.77. The number of aromatic amines is 1. The Bertz CT molecular complexity index is 1030. The highest BCUT2D eigenvalue weighted by atomic mass is 32.1. The van der Waals surface area contributed by atoms with Crippen molar-refractivity contribution in [1.82, 2.24) is 15.1 Å². The summed E-state index contributed by atoms with van der Waals surface area (Å²) in [5, 5.41) is 9.84. The summed E-state index contributed by atoms with van der Waals surface area (Å²) in [6, 6.07) is 8.45. The van der Waals surface area contributed by atoms with Crippen molar-refractivity contribution in [3.63, 3.8) is 0 Å². The zero-order chi connectivity index (χ0) is 19.8. The minimum Gasteiger partial charge on any atom is -0.337 e. The summed E-state index contributed by atoms with van der Waals surface area (Å²) in [4.78, 5) is 16.4. The fraction of sp³-hybridized carbons (Fsp3) is 0.417. The molecule has 4 nitrogen and oxygen atoms in total. The van der Waals surface area contributed by atoms with Crippen LogP contribution in [0, 0.1) is 6.92 Å². The van der Waals surface area contributed by atoms with Crippen LogP contribution in [0.2, 0.25) is 0 Å². The van der Waals surface area contributed by atoms with Crippen molar-refractivity contribution in [1.29, 1.82) is 0 Å². The number of hydrogen-bond donors (Lipinski definition) is 1. The minimum atomic E-state index is 0.236. The predicted octanol–water partition coefficient (Wildman–Crippen LogP) is 5.35. The number of hydrogen-bond acceptors (Lipinski definition) is 3. The molecule has 2 aliphatic rings. The Kier molecular flexibility index (Phi) is 5.00. The van der Waals surface area contributed by atoms with Gasteiger partial charge in [0.2, 0.25) is 0 Å². The van der Waals surface area contributed by atoms with E-state index in [1.165, 1.54) is 46.4 Å². The largest absolute Gasteiger partial charge is 0.337 e. The Morgan fingerprint density at radius 3 is 2.93 bits per heavy atom. The summed E-state index contributed by atoms with van der Waals surface area (Å²) in [7, 11) is 0. The number of thiophene rings is 1. The lowest BCUT2D eigenvalue weighted by Crippen LogP contribution is -2.39. The molecule has 3 heterocycles. The molecule has 1 amide bonds. The predicted molar refractivity (Wildman–Crippen MR) is 118 cm³/mol. The first kappa shape index (κ1) is 18.6. The Morgan fingerprint density at radius 1 is 1.17 bits per heavy atom. The molecule has 1 aliphatic carbocycles. The van der Waals surface area contributed by atoms with E-state index in [9.17, 15) is 4.79 Å². The highest BCUT2D eigenvalue weighted by Crippen LogP contribution is 2.36. The van der Waals surface area contributed by atoms with Crippen LogP contribution >= 0.6 is 11.3 Å². The Balaban J connectivity index is 1.40. The normalized spacial score (nSPS) is 19.2. The van der Waals surface area contributed by atoms with Crippen molar-refractivity contribution in [2.24, 2.45) is 0 Å². The third-order valence-corrected chi connectivity index (χ3v) is 7.58. The molecule has 0 saturated carbocycles. The number of benzene rings is 1. The standard InChI is InChI=1S/C24H27N3OS/c1-16-7-2-4-10-19(16)21-13-25-26-22(21)17-9-6-12-27(14-17)24(28)23-20-11-5-3-8-18(20)15-29-23/h2,4,7,10,13,15,17H,3,5-6,8-9,11-12,14H2,1H3,(H,25,26). The van der Waals surface area contributed by atoms with E-state index in [1.807, 2.05) is 6.20 Å². The maximum absolute atomic E-state index is 13.4. The van der Waals surface area contributed by atoms with E-state index >= 15 is 0 Å². The van der Waals surface area contributed by atoms with E-state index in [-0.39, 0.29) is 5.91 Å². The second-order valence-electron chi connectivity index (χ2n) is 8.38. The number of carbonyl (C=O) groups is 1. The summed E-state index contributed by atoms with van der Waals surface area (Å²) in [5.41, 5.74) is 7.57. The Morgan fingerprint density at radius 2 is 2.03 bits per heavy atom. The van der Waals surface area contributed by atoms with Crippen LogP contribution in [0.4, 0.5) is 0 Å². The maximum Gasteiger partial charge on any atom is 0.264 e. The van der Waals surface area contributed by atoms with Crippen molar-refractivity contribution in [2.45, 2.75) is 51.4 Å². The van der Waals surface area contributed by atoms with Crippen LogP contribution in [0.25, 0.3) is 11.1 Å². The van der Waals surface area contributed by atoms with Crippen LogP contribution in [-0.2, 0) is 12.8 Å². The van der Waals surface area contributed by atoms with Crippen LogP contribution in [0.5, 0.6) is 0 Å². The number of likely N-dealkylation sites (tertiary alicyclic amines) is 1. The van der Waals surface area contributed by atoms with Crippen molar-refractivity contribution in [2.75, 3.05) is 13.1 Å². The maximum atomic E-state index is 13.4. The quantitative estimate of drug-likeness (QED) is 0.639. The van der Waals surface area contributed by atoms with Gasteiger partial charge in [-0.3, -0.25) is 9.89 Å². The van der Waals surface area contributed by atoms with Gasteiger partial charge in [-0.05, 0) is 73.1 Å². The highest BCUT2D eigenvalue weighted by molar-refractivity contribution is 7.12. The summed E-state index contributed by atoms with van der Waals surface area (Å²) < 4.78 is 0. The molecule has 3 aromatic rings. The minimum absolute atomic E-state index is 0.236. The van der Waals surface area contributed by atoms with Gasteiger partial charge in [0.25, 0.3) is 5.91 Å². The fourth-order valence-electron chi connectivity index (χ4n) is 4.94. The van der Waals surface area contributed by atoms with Crippen molar-refractivity contribution in [3.8, 4) is 11.1 Å². The molecule has 1 fully saturated rings. The van der Waals surface area contributed by atoms with Gasteiger partial charge in [-0.1, -0.05) is 24.3 Å². The molecule has 29 heavy (non-hydrogen) atoms. The molecule has 2 aromatic heterocycles. The monoisotopic (exact) mass is 405 g/mol. The van der Waals surface area contributed by atoms with Crippen molar-refractivity contribution in [3.05, 3.63) is 63.1 Å². The number of rotatable bonds is 3. The van der Waals surface area contributed by atoms with Crippen LogP contribution in [0.15, 0.2) is 35.8 Å². The first-order valence-electron chi connectivity index (χ1n) is 10.7. The molecule has 5 heteroatoms. The van der Waals surface area contributed by atoms with Gasteiger partial charge in [0.1, 0.15) is 0 Å². The third kappa shape index (κ3) is 3.42. The van der Waals surface area contributed by atoms with E-state index in [2.05, 4.69) is 51.7 Å². The first-order chi connectivity index (χ1) is 14.2. The van der Waals surface area contributed by atoms with Crippen molar-refractivity contribution >= 4 is 17.2 Å². The molecule has 1 saturated heterocycles. The molecular weight excluding hydrogens is 378 g/mol. The van der Waals surface area contributed by atoms with Crippen LogP contribution < -0.4 is 0 Å². The molecule has 5 rings (SSSR count). The Hall–Kier alpha value is -2.40. The molecule has 1 N–H and O–H groups in total. The number of carbonyl (C=O) groups excluding carboxylic acids is 1. The van der Waals surface area contributed by atoms with Gasteiger partial charge in [0.05, 0.1) is 11.1 Å². The van der Waals surface area contributed by atoms with E-state index < -0.39 is 0 Å². The number of aromatic nitrogens is 2. The second kappa shape index (κ2) is 7.79.